The Labute approximate surface area is 90.6 Å². The summed E-state index contributed by atoms with van der Waals surface area (Å²) in [5.74, 6) is 0.806. The molecule has 0 saturated carbocycles. The van der Waals surface area contributed by atoms with Gasteiger partial charge in [0.2, 0.25) is 0 Å². The Morgan fingerprint density at radius 2 is 1.93 bits per heavy atom. The summed E-state index contributed by atoms with van der Waals surface area (Å²) in [7, 11) is 0. The van der Waals surface area contributed by atoms with Gasteiger partial charge in [0.1, 0.15) is 0 Å². The van der Waals surface area contributed by atoms with Crippen LogP contribution in [0, 0.1) is 0 Å². The molecule has 2 N–H and O–H groups in total. The fraction of sp³-hybridized carbons (Fsp3) is 0.364. The lowest BCUT2D eigenvalue weighted by atomic mass is 9.99. The van der Waals surface area contributed by atoms with E-state index in [0.29, 0.717) is 6.04 Å². The van der Waals surface area contributed by atoms with Crippen LogP contribution < -0.4 is 5.73 Å². The summed E-state index contributed by atoms with van der Waals surface area (Å²) >= 11 is 0. The van der Waals surface area contributed by atoms with E-state index < -0.39 is 0 Å². The number of nitrogens with zero attached hydrogens (tertiary/aromatic N) is 1. The molecule has 1 unspecified atom stereocenters. The average Bonchev–Trinajstić information content (AvgIpc) is 2.19. The molecule has 1 aromatic carbocycles. The largest absolute Gasteiger partial charge is 0.387 e. The van der Waals surface area contributed by atoms with Crippen LogP contribution in [0.4, 0.5) is 0 Å². The molecular formula is C11H15ClN2. The van der Waals surface area contributed by atoms with Crippen LogP contribution in [0.5, 0.6) is 0 Å². The number of rotatable bonds is 1. The average molecular weight is 211 g/mol. The first-order valence-electron chi connectivity index (χ1n) is 4.73. The fourth-order valence-corrected chi connectivity index (χ4v) is 1.72. The second-order valence-electron chi connectivity index (χ2n) is 3.44. The van der Waals surface area contributed by atoms with E-state index in [2.05, 4.69) is 29.3 Å². The van der Waals surface area contributed by atoms with Crippen LogP contribution in [0.25, 0.3) is 0 Å². The number of amidine groups is 1. The van der Waals surface area contributed by atoms with Gasteiger partial charge in [-0.25, -0.2) is 0 Å². The molecule has 2 rings (SSSR count). The zero-order valence-electron chi connectivity index (χ0n) is 8.02. The van der Waals surface area contributed by atoms with E-state index in [1.165, 1.54) is 5.56 Å². The second-order valence-corrected chi connectivity index (χ2v) is 3.44. The van der Waals surface area contributed by atoms with Gasteiger partial charge in [0, 0.05) is 6.42 Å². The third-order valence-corrected chi connectivity index (χ3v) is 2.42. The predicted molar refractivity (Wildman–Crippen MR) is 61.9 cm³/mol. The first-order chi connectivity index (χ1) is 6.36. The first kappa shape index (κ1) is 11.1. The third kappa shape index (κ3) is 2.48. The molecule has 0 saturated heterocycles. The fourth-order valence-electron chi connectivity index (χ4n) is 1.72. The summed E-state index contributed by atoms with van der Waals surface area (Å²) in [5, 5.41) is 0. The van der Waals surface area contributed by atoms with Crippen molar-refractivity contribution < 1.29 is 0 Å². The quantitative estimate of drug-likeness (QED) is 0.761. The molecule has 0 radical (unpaired) electrons. The Hall–Kier alpha value is -1.02. The van der Waals surface area contributed by atoms with Crippen molar-refractivity contribution in [1.82, 2.24) is 0 Å². The number of benzene rings is 1. The lowest BCUT2D eigenvalue weighted by Crippen LogP contribution is -2.17. The summed E-state index contributed by atoms with van der Waals surface area (Å²) in [6, 6.07) is 10.7. The Morgan fingerprint density at radius 1 is 1.21 bits per heavy atom. The van der Waals surface area contributed by atoms with Gasteiger partial charge in [-0.15, -0.1) is 12.4 Å². The molecule has 2 nitrogen and oxygen atoms in total. The minimum absolute atomic E-state index is 0. The molecular weight excluding hydrogens is 196 g/mol. The van der Waals surface area contributed by atoms with Gasteiger partial charge < -0.3 is 5.73 Å². The highest BCUT2D eigenvalue weighted by Crippen LogP contribution is 2.26. The van der Waals surface area contributed by atoms with E-state index in [9.17, 15) is 0 Å². The zero-order valence-corrected chi connectivity index (χ0v) is 8.83. The van der Waals surface area contributed by atoms with Gasteiger partial charge in [-0.05, 0) is 18.4 Å². The van der Waals surface area contributed by atoms with Crippen LogP contribution in [-0.2, 0) is 0 Å². The number of nitrogens with two attached hydrogens (primary N) is 1. The number of hydrogen-bond acceptors (Lipinski definition) is 2. The summed E-state index contributed by atoms with van der Waals surface area (Å²) in [4.78, 5) is 4.45. The van der Waals surface area contributed by atoms with E-state index in [1.54, 1.807) is 0 Å². The number of hydrogen-bond donors (Lipinski definition) is 1. The van der Waals surface area contributed by atoms with E-state index in [0.717, 1.165) is 25.1 Å². The Balaban J connectivity index is 0.000000980. The highest BCUT2D eigenvalue weighted by atomic mass is 35.5. The predicted octanol–water partition coefficient (Wildman–Crippen LogP) is 2.69. The highest BCUT2D eigenvalue weighted by Gasteiger charge is 2.14. The summed E-state index contributed by atoms with van der Waals surface area (Å²) in [5.41, 5.74) is 7.00. The molecule has 14 heavy (non-hydrogen) atoms. The molecule has 0 aliphatic carbocycles. The lowest BCUT2D eigenvalue weighted by molar-refractivity contribution is 0.594. The summed E-state index contributed by atoms with van der Waals surface area (Å²) in [6.07, 6.45) is 3.25. The van der Waals surface area contributed by atoms with Crippen LogP contribution in [0.2, 0.25) is 0 Å². The molecule has 0 spiro atoms. The SMILES string of the molecule is Cl.NC1=NC(c2ccccc2)CCC1. The van der Waals surface area contributed by atoms with Gasteiger partial charge >= 0.3 is 0 Å². The van der Waals surface area contributed by atoms with Gasteiger partial charge in [0.15, 0.2) is 0 Å². The first-order valence-corrected chi connectivity index (χ1v) is 4.73. The molecule has 1 aliphatic heterocycles. The van der Waals surface area contributed by atoms with Crippen LogP contribution in [0.1, 0.15) is 30.9 Å². The second kappa shape index (κ2) is 5.01. The van der Waals surface area contributed by atoms with Crippen LogP contribution in [0.15, 0.2) is 35.3 Å². The van der Waals surface area contributed by atoms with Gasteiger partial charge in [-0.2, -0.15) is 0 Å². The van der Waals surface area contributed by atoms with Crippen molar-refractivity contribution in [1.29, 1.82) is 0 Å². The lowest BCUT2D eigenvalue weighted by Gasteiger charge is -2.18. The molecule has 76 valence electrons. The van der Waals surface area contributed by atoms with Crippen molar-refractivity contribution in [3.8, 4) is 0 Å². The molecule has 1 aromatic rings. The van der Waals surface area contributed by atoms with Crippen molar-refractivity contribution in [2.24, 2.45) is 10.7 Å². The molecule has 1 heterocycles. The minimum Gasteiger partial charge on any atom is -0.387 e. The molecule has 1 aliphatic rings. The maximum absolute atomic E-state index is 5.71. The molecule has 0 fully saturated rings. The van der Waals surface area contributed by atoms with Gasteiger partial charge in [0.05, 0.1) is 11.9 Å². The molecule has 1 atom stereocenters. The van der Waals surface area contributed by atoms with E-state index in [-0.39, 0.29) is 12.4 Å². The topological polar surface area (TPSA) is 38.4 Å². The molecule has 0 bridgehead atoms. The van der Waals surface area contributed by atoms with Crippen molar-refractivity contribution in [3.63, 3.8) is 0 Å². The van der Waals surface area contributed by atoms with Crippen molar-refractivity contribution in [2.45, 2.75) is 25.3 Å². The zero-order chi connectivity index (χ0) is 9.10. The smallest absolute Gasteiger partial charge is 0.0944 e. The van der Waals surface area contributed by atoms with Crippen molar-refractivity contribution in [3.05, 3.63) is 35.9 Å². The maximum atomic E-state index is 5.71. The molecule has 0 aromatic heterocycles. The monoisotopic (exact) mass is 210 g/mol. The van der Waals surface area contributed by atoms with Crippen molar-refractivity contribution in [2.75, 3.05) is 0 Å². The van der Waals surface area contributed by atoms with Crippen LogP contribution in [0.3, 0.4) is 0 Å². The summed E-state index contributed by atoms with van der Waals surface area (Å²) < 4.78 is 0. The van der Waals surface area contributed by atoms with Crippen molar-refractivity contribution >= 4 is 18.2 Å². The number of aliphatic imine (C=N–C) groups is 1. The molecule has 0 amide bonds. The number of halogens is 1. The normalized spacial score (nSPS) is 20.9. The maximum Gasteiger partial charge on any atom is 0.0944 e. The van der Waals surface area contributed by atoms with Crippen LogP contribution >= 0.6 is 12.4 Å². The van der Waals surface area contributed by atoms with E-state index in [1.807, 2.05) is 6.07 Å². The highest BCUT2D eigenvalue weighted by molar-refractivity contribution is 5.85. The Morgan fingerprint density at radius 3 is 2.57 bits per heavy atom. The van der Waals surface area contributed by atoms with Gasteiger partial charge in [0.25, 0.3) is 0 Å². The van der Waals surface area contributed by atoms with Gasteiger partial charge in [-0.1, -0.05) is 30.3 Å². The Kier molecular flexibility index (Phi) is 3.96. The summed E-state index contributed by atoms with van der Waals surface area (Å²) in [6.45, 7) is 0. The molecule has 3 heteroatoms. The third-order valence-electron chi connectivity index (χ3n) is 2.42. The van der Waals surface area contributed by atoms with Gasteiger partial charge in [-0.3, -0.25) is 4.99 Å². The Bertz CT molecular complexity index is 308. The minimum atomic E-state index is 0. The van der Waals surface area contributed by atoms with E-state index in [4.69, 9.17) is 5.73 Å². The van der Waals surface area contributed by atoms with Crippen LogP contribution in [-0.4, -0.2) is 5.84 Å². The standard InChI is InChI=1S/C11H14N2.ClH/c12-11-8-4-7-10(13-11)9-5-2-1-3-6-9;/h1-3,5-6,10H,4,7-8H2,(H2,12,13);1H. The van der Waals surface area contributed by atoms with E-state index >= 15 is 0 Å².